The van der Waals surface area contributed by atoms with Gasteiger partial charge in [-0.05, 0) is 12.1 Å². The van der Waals surface area contributed by atoms with Crippen molar-refractivity contribution < 1.29 is 19.1 Å². The van der Waals surface area contributed by atoms with Crippen molar-refractivity contribution in [2.24, 2.45) is 5.92 Å². The van der Waals surface area contributed by atoms with E-state index in [1.165, 1.54) is 12.1 Å². The van der Waals surface area contributed by atoms with Crippen molar-refractivity contribution in [2.45, 2.75) is 0 Å². The third-order valence-corrected chi connectivity index (χ3v) is 2.04. The molecule has 1 aromatic carbocycles. The van der Waals surface area contributed by atoms with Gasteiger partial charge in [-0.3, -0.25) is 9.59 Å². The molecule has 1 aliphatic heterocycles. The maximum absolute atomic E-state index is 11.5. The predicted molar refractivity (Wildman–Crippen MR) is 46.0 cm³/mol. The molecule has 4 nitrogen and oxygen atoms in total. The molecule has 14 heavy (non-hydrogen) atoms. The van der Waals surface area contributed by atoms with Gasteiger partial charge in [0.05, 0.1) is 5.56 Å². The Balaban J connectivity index is 2.54. The molecule has 1 unspecified atom stereocenters. The first-order valence-corrected chi connectivity index (χ1v) is 4.04. The van der Waals surface area contributed by atoms with E-state index in [-0.39, 0.29) is 11.3 Å². The standard InChI is InChI=1S/C10H6O4/c11-5-7-9(12)6-3-1-2-4-8(6)14-10(7)13/h1-5,7H. The number of fused-ring (bicyclic) bond motifs is 1. The summed E-state index contributed by atoms with van der Waals surface area (Å²) in [6.07, 6.45) is 0.306. The number of hydrogen-bond donors (Lipinski definition) is 0. The lowest BCUT2D eigenvalue weighted by Gasteiger charge is -2.17. The molecular formula is C10H6O4. The van der Waals surface area contributed by atoms with Crippen LogP contribution in [0.2, 0.25) is 0 Å². The van der Waals surface area contributed by atoms with Crippen LogP contribution in [0.4, 0.5) is 0 Å². The summed E-state index contributed by atoms with van der Waals surface area (Å²) in [6.45, 7) is 0. The van der Waals surface area contributed by atoms with Gasteiger partial charge < -0.3 is 9.53 Å². The highest BCUT2D eigenvalue weighted by Crippen LogP contribution is 2.26. The number of aldehydes is 1. The predicted octanol–water partition coefficient (Wildman–Crippen LogP) is 0.603. The van der Waals surface area contributed by atoms with Crippen molar-refractivity contribution >= 4 is 18.0 Å². The van der Waals surface area contributed by atoms with Crippen molar-refractivity contribution in [3.8, 4) is 5.75 Å². The van der Waals surface area contributed by atoms with Crippen LogP contribution < -0.4 is 4.74 Å². The zero-order valence-corrected chi connectivity index (χ0v) is 7.10. The summed E-state index contributed by atoms with van der Waals surface area (Å²) in [7, 11) is 0. The van der Waals surface area contributed by atoms with Gasteiger partial charge in [0.15, 0.2) is 11.7 Å². The summed E-state index contributed by atoms with van der Waals surface area (Å²) in [4.78, 5) is 33.1. The highest BCUT2D eigenvalue weighted by Gasteiger charge is 2.35. The van der Waals surface area contributed by atoms with E-state index in [9.17, 15) is 14.4 Å². The molecule has 0 radical (unpaired) electrons. The van der Waals surface area contributed by atoms with Crippen molar-refractivity contribution in [2.75, 3.05) is 0 Å². The van der Waals surface area contributed by atoms with Crippen molar-refractivity contribution in [3.05, 3.63) is 29.8 Å². The Labute approximate surface area is 79.5 Å². The van der Waals surface area contributed by atoms with Gasteiger partial charge in [0.25, 0.3) is 0 Å². The first kappa shape index (κ1) is 8.62. The summed E-state index contributed by atoms with van der Waals surface area (Å²) in [5.74, 6) is -2.37. The molecule has 0 saturated carbocycles. The molecule has 0 fully saturated rings. The summed E-state index contributed by atoms with van der Waals surface area (Å²) in [5.41, 5.74) is 0.282. The Morgan fingerprint density at radius 2 is 1.93 bits per heavy atom. The molecule has 1 heterocycles. The Bertz CT molecular complexity index is 422. The molecule has 1 aliphatic rings. The van der Waals surface area contributed by atoms with Gasteiger partial charge in [0, 0.05) is 0 Å². The molecule has 0 aliphatic carbocycles. The maximum atomic E-state index is 11.5. The van der Waals surface area contributed by atoms with Crippen LogP contribution in [0.15, 0.2) is 24.3 Å². The maximum Gasteiger partial charge on any atom is 0.329 e. The van der Waals surface area contributed by atoms with Gasteiger partial charge in [-0.2, -0.15) is 0 Å². The second-order valence-electron chi connectivity index (χ2n) is 2.90. The monoisotopic (exact) mass is 190 g/mol. The van der Waals surface area contributed by atoms with Crippen molar-refractivity contribution in [1.82, 2.24) is 0 Å². The number of benzene rings is 1. The summed E-state index contributed by atoms with van der Waals surface area (Å²) >= 11 is 0. The number of ether oxygens (including phenoxy) is 1. The van der Waals surface area contributed by atoms with E-state index in [4.69, 9.17) is 4.74 Å². The van der Waals surface area contributed by atoms with Crippen LogP contribution in [-0.2, 0) is 9.59 Å². The molecular weight excluding hydrogens is 184 g/mol. The fraction of sp³-hybridized carbons (Fsp3) is 0.100. The van der Waals surface area contributed by atoms with Gasteiger partial charge in [0.1, 0.15) is 12.0 Å². The molecule has 0 aromatic heterocycles. The zero-order chi connectivity index (χ0) is 10.1. The van der Waals surface area contributed by atoms with E-state index in [0.29, 0.717) is 6.29 Å². The van der Waals surface area contributed by atoms with Gasteiger partial charge in [-0.25, -0.2) is 0 Å². The van der Waals surface area contributed by atoms with E-state index < -0.39 is 17.7 Å². The Morgan fingerprint density at radius 3 is 2.64 bits per heavy atom. The number of carbonyl (C=O) groups excluding carboxylic acids is 3. The highest BCUT2D eigenvalue weighted by atomic mass is 16.5. The second-order valence-corrected chi connectivity index (χ2v) is 2.90. The molecule has 0 saturated heterocycles. The van der Waals surface area contributed by atoms with Gasteiger partial charge in [-0.1, -0.05) is 12.1 Å². The van der Waals surface area contributed by atoms with Crippen LogP contribution >= 0.6 is 0 Å². The minimum Gasteiger partial charge on any atom is -0.425 e. The van der Waals surface area contributed by atoms with Crippen LogP contribution in [0.1, 0.15) is 10.4 Å². The average molecular weight is 190 g/mol. The fourth-order valence-electron chi connectivity index (χ4n) is 1.32. The summed E-state index contributed by atoms with van der Waals surface area (Å²) in [6, 6.07) is 6.35. The lowest BCUT2D eigenvalue weighted by Crippen LogP contribution is -2.34. The van der Waals surface area contributed by atoms with Crippen LogP contribution in [0.5, 0.6) is 5.75 Å². The largest absolute Gasteiger partial charge is 0.425 e. The first-order valence-electron chi connectivity index (χ1n) is 4.04. The quantitative estimate of drug-likeness (QED) is 0.281. The molecule has 2 rings (SSSR count). The number of Topliss-reactive ketones (excluding diaryl/α,β-unsaturated/α-hetero) is 1. The SMILES string of the molecule is O=CC1C(=O)Oc2ccccc2C1=O. The van der Waals surface area contributed by atoms with E-state index in [1.54, 1.807) is 12.1 Å². The molecule has 1 atom stereocenters. The molecule has 0 bridgehead atoms. The molecule has 0 N–H and O–H groups in total. The molecule has 0 amide bonds. The van der Waals surface area contributed by atoms with Gasteiger partial charge in [0.2, 0.25) is 0 Å². The molecule has 1 aromatic rings. The Kier molecular flexibility index (Phi) is 1.89. The van der Waals surface area contributed by atoms with Crippen molar-refractivity contribution in [1.29, 1.82) is 0 Å². The number of ketones is 1. The van der Waals surface area contributed by atoms with Crippen LogP contribution in [0.3, 0.4) is 0 Å². The van der Waals surface area contributed by atoms with E-state index in [0.717, 1.165) is 0 Å². The molecule has 4 heteroatoms. The third-order valence-electron chi connectivity index (χ3n) is 2.04. The lowest BCUT2D eigenvalue weighted by molar-refractivity contribution is -0.139. The highest BCUT2D eigenvalue weighted by molar-refractivity contribution is 6.21. The van der Waals surface area contributed by atoms with Crippen molar-refractivity contribution in [3.63, 3.8) is 0 Å². The van der Waals surface area contributed by atoms with Gasteiger partial charge in [-0.15, -0.1) is 0 Å². The molecule has 0 spiro atoms. The number of rotatable bonds is 1. The van der Waals surface area contributed by atoms with Gasteiger partial charge >= 0.3 is 5.97 Å². The van der Waals surface area contributed by atoms with Crippen LogP contribution in [0, 0.1) is 5.92 Å². The fourth-order valence-corrected chi connectivity index (χ4v) is 1.32. The second kappa shape index (κ2) is 3.06. The minimum absolute atomic E-state index is 0.223. The van der Waals surface area contributed by atoms with E-state index in [2.05, 4.69) is 0 Å². The molecule has 70 valence electrons. The topological polar surface area (TPSA) is 60.4 Å². The summed E-state index contributed by atoms with van der Waals surface area (Å²) < 4.78 is 4.81. The Morgan fingerprint density at radius 1 is 1.21 bits per heavy atom. The smallest absolute Gasteiger partial charge is 0.329 e. The van der Waals surface area contributed by atoms with E-state index >= 15 is 0 Å². The zero-order valence-electron chi connectivity index (χ0n) is 7.10. The first-order chi connectivity index (χ1) is 6.74. The van der Waals surface area contributed by atoms with E-state index in [1.807, 2.05) is 0 Å². The minimum atomic E-state index is -1.30. The number of para-hydroxylation sites is 1. The third kappa shape index (κ3) is 1.12. The van der Waals surface area contributed by atoms with Crippen LogP contribution in [0.25, 0.3) is 0 Å². The Hall–Kier alpha value is -1.97. The number of hydrogen-bond acceptors (Lipinski definition) is 4. The number of carbonyl (C=O) groups is 3. The van der Waals surface area contributed by atoms with Crippen LogP contribution in [-0.4, -0.2) is 18.0 Å². The average Bonchev–Trinajstić information content (AvgIpc) is 2.18. The normalized spacial score (nSPS) is 19.9. The lowest BCUT2D eigenvalue weighted by atomic mass is 9.96. The number of esters is 1. The summed E-state index contributed by atoms with van der Waals surface area (Å²) in [5, 5.41) is 0.